The van der Waals surface area contributed by atoms with Gasteiger partial charge in [0.25, 0.3) is 0 Å². The second-order valence-electron chi connectivity index (χ2n) is 8.16. The highest BCUT2D eigenvalue weighted by molar-refractivity contribution is 5.84. The van der Waals surface area contributed by atoms with E-state index in [1.54, 1.807) is 0 Å². The summed E-state index contributed by atoms with van der Waals surface area (Å²) in [6, 6.07) is 0. The second kappa shape index (κ2) is 5.21. The van der Waals surface area contributed by atoms with E-state index in [0.29, 0.717) is 40.7 Å². The van der Waals surface area contributed by atoms with Gasteiger partial charge in [0.15, 0.2) is 0 Å². The number of Topliss-reactive ketones (excluding diaryl/α,β-unsaturated/α-hetero) is 2. The van der Waals surface area contributed by atoms with Crippen molar-refractivity contribution in [2.75, 3.05) is 0 Å². The van der Waals surface area contributed by atoms with Crippen LogP contribution in [-0.2, 0) is 9.59 Å². The third kappa shape index (κ3) is 2.04. The summed E-state index contributed by atoms with van der Waals surface area (Å²) in [5.41, 5.74) is 0.359. The predicted octanol–water partition coefficient (Wildman–Crippen LogP) is 4.31. The minimum Gasteiger partial charge on any atom is -0.299 e. The van der Waals surface area contributed by atoms with Crippen LogP contribution in [0.2, 0.25) is 0 Å². The Hall–Kier alpha value is -0.660. The highest BCUT2D eigenvalue weighted by atomic mass is 16.1. The van der Waals surface area contributed by atoms with Gasteiger partial charge in [-0.15, -0.1) is 0 Å². The van der Waals surface area contributed by atoms with E-state index in [0.717, 1.165) is 38.5 Å². The molecule has 0 N–H and O–H groups in total. The molecule has 0 aromatic heterocycles. The molecule has 0 aromatic carbocycles. The van der Waals surface area contributed by atoms with E-state index in [4.69, 9.17) is 0 Å². The van der Waals surface area contributed by atoms with Gasteiger partial charge in [-0.05, 0) is 55.8 Å². The Bertz CT molecular complexity index is 410. The average Bonchev–Trinajstić information content (AvgIpc) is 2.54. The summed E-state index contributed by atoms with van der Waals surface area (Å²) < 4.78 is 0. The molecule has 0 aromatic rings. The van der Waals surface area contributed by atoms with Gasteiger partial charge in [0.1, 0.15) is 11.6 Å². The topological polar surface area (TPSA) is 34.1 Å². The van der Waals surface area contributed by atoms with Gasteiger partial charge in [0.2, 0.25) is 0 Å². The summed E-state index contributed by atoms with van der Waals surface area (Å²) in [4.78, 5) is 24.8. The lowest BCUT2D eigenvalue weighted by atomic mass is 9.45. The van der Waals surface area contributed by atoms with E-state index in [1.165, 1.54) is 38.5 Å². The Morgan fingerprint density at radius 2 is 1.10 bits per heavy atom. The van der Waals surface area contributed by atoms with Gasteiger partial charge in [0.05, 0.1) is 0 Å². The molecule has 21 heavy (non-hydrogen) atoms. The molecule has 4 saturated carbocycles. The Morgan fingerprint density at radius 3 is 1.57 bits per heavy atom. The Labute approximate surface area is 128 Å². The molecule has 0 radical (unpaired) electrons. The molecule has 4 rings (SSSR count). The zero-order chi connectivity index (χ0) is 14.4. The molecule has 0 saturated heterocycles. The van der Waals surface area contributed by atoms with Crippen LogP contribution < -0.4 is 0 Å². The maximum atomic E-state index is 12.4. The molecular formula is C19H28O2. The first-order valence-electron chi connectivity index (χ1n) is 9.28. The third-order valence-electron chi connectivity index (χ3n) is 7.51. The van der Waals surface area contributed by atoms with Crippen molar-refractivity contribution in [2.45, 2.75) is 77.0 Å². The average molecular weight is 288 g/mol. The standard InChI is InChI=1S/C19H28O2/c20-17-9-11-19(15-7-3-1-5-13(15)17)12-10-18(21)14-6-2-4-8-16(14)19/h13-16H,1-12H2. The fourth-order valence-electron chi connectivity index (χ4n) is 6.63. The van der Waals surface area contributed by atoms with E-state index in [-0.39, 0.29) is 0 Å². The van der Waals surface area contributed by atoms with Gasteiger partial charge in [-0.1, -0.05) is 25.7 Å². The number of fused-ring (bicyclic) bond motifs is 4. The van der Waals surface area contributed by atoms with Crippen molar-refractivity contribution < 1.29 is 9.59 Å². The molecule has 4 unspecified atom stereocenters. The van der Waals surface area contributed by atoms with Crippen LogP contribution in [0.3, 0.4) is 0 Å². The molecule has 2 heteroatoms. The van der Waals surface area contributed by atoms with Crippen molar-refractivity contribution in [2.24, 2.45) is 29.1 Å². The lowest BCUT2D eigenvalue weighted by Crippen LogP contribution is -2.55. The summed E-state index contributed by atoms with van der Waals surface area (Å²) in [7, 11) is 0. The van der Waals surface area contributed by atoms with Crippen molar-refractivity contribution >= 4 is 11.6 Å². The van der Waals surface area contributed by atoms with E-state index in [2.05, 4.69) is 0 Å². The van der Waals surface area contributed by atoms with Crippen LogP contribution in [0.4, 0.5) is 0 Å². The summed E-state index contributed by atoms with van der Waals surface area (Å²) in [6.45, 7) is 0. The number of carbonyl (C=O) groups is 2. The van der Waals surface area contributed by atoms with Crippen LogP contribution in [0.5, 0.6) is 0 Å². The van der Waals surface area contributed by atoms with E-state index in [1.807, 2.05) is 0 Å². The highest BCUT2D eigenvalue weighted by Crippen LogP contribution is 2.62. The monoisotopic (exact) mass is 288 g/mol. The van der Waals surface area contributed by atoms with Crippen molar-refractivity contribution in [3.8, 4) is 0 Å². The van der Waals surface area contributed by atoms with Gasteiger partial charge in [0, 0.05) is 24.7 Å². The fraction of sp³-hybridized carbons (Fsp3) is 0.895. The zero-order valence-electron chi connectivity index (χ0n) is 13.1. The van der Waals surface area contributed by atoms with Crippen LogP contribution in [0, 0.1) is 29.1 Å². The minimum atomic E-state index is 0.350. The molecule has 4 aliphatic carbocycles. The molecule has 0 aliphatic heterocycles. The maximum Gasteiger partial charge on any atom is 0.136 e. The van der Waals surface area contributed by atoms with Gasteiger partial charge in [-0.2, -0.15) is 0 Å². The zero-order valence-corrected chi connectivity index (χ0v) is 13.1. The van der Waals surface area contributed by atoms with Crippen LogP contribution >= 0.6 is 0 Å². The molecule has 0 amide bonds. The lowest BCUT2D eigenvalue weighted by molar-refractivity contribution is -0.153. The largest absolute Gasteiger partial charge is 0.299 e. The SMILES string of the molecule is O=C1CCC2(CCC(=O)C3CCCCC32)C2CCCCC12. The van der Waals surface area contributed by atoms with Gasteiger partial charge >= 0.3 is 0 Å². The molecule has 2 nitrogen and oxygen atoms in total. The van der Waals surface area contributed by atoms with Gasteiger partial charge in [-0.3, -0.25) is 9.59 Å². The molecule has 4 fully saturated rings. The molecule has 0 heterocycles. The molecule has 1 spiro atoms. The summed E-state index contributed by atoms with van der Waals surface area (Å²) >= 11 is 0. The molecular weight excluding hydrogens is 260 g/mol. The first kappa shape index (κ1) is 14.0. The van der Waals surface area contributed by atoms with E-state index < -0.39 is 0 Å². The van der Waals surface area contributed by atoms with Crippen LogP contribution in [-0.4, -0.2) is 11.6 Å². The Kier molecular flexibility index (Phi) is 3.46. The molecule has 4 atom stereocenters. The Balaban J connectivity index is 1.70. The number of ketones is 2. The lowest BCUT2D eigenvalue weighted by Gasteiger charge is -2.58. The molecule has 116 valence electrons. The summed E-state index contributed by atoms with van der Waals surface area (Å²) in [5, 5.41) is 0. The quantitative estimate of drug-likeness (QED) is 0.665. The first-order chi connectivity index (χ1) is 10.2. The van der Waals surface area contributed by atoms with Gasteiger partial charge < -0.3 is 0 Å². The second-order valence-corrected chi connectivity index (χ2v) is 8.16. The van der Waals surface area contributed by atoms with Gasteiger partial charge in [-0.25, -0.2) is 0 Å². The van der Waals surface area contributed by atoms with E-state index in [9.17, 15) is 9.59 Å². The molecule has 0 bridgehead atoms. The van der Waals surface area contributed by atoms with Crippen molar-refractivity contribution in [1.82, 2.24) is 0 Å². The van der Waals surface area contributed by atoms with Crippen LogP contribution in [0.25, 0.3) is 0 Å². The number of rotatable bonds is 0. The van der Waals surface area contributed by atoms with Crippen LogP contribution in [0.15, 0.2) is 0 Å². The number of hydrogen-bond donors (Lipinski definition) is 0. The first-order valence-corrected chi connectivity index (χ1v) is 9.28. The van der Waals surface area contributed by atoms with Crippen molar-refractivity contribution in [3.05, 3.63) is 0 Å². The van der Waals surface area contributed by atoms with E-state index >= 15 is 0 Å². The molecule has 4 aliphatic rings. The number of hydrogen-bond acceptors (Lipinski definition) is 2. The third-order valence-corrected chi connectivity index (χ3v) is 7.51. The predicted molar refractivity (Wildman–Crippen MR) is 81.8 cm³/mol. The maximum absolute atomic E-state index is 12.4. The summed E-state index contributed by atoms with van der Waals surface area (Å²) in [6.07, 6.45) is 13.7. The van der Waals surface area contributed by atoms with Crippen molar-refractivity contribution in [1.29, 1.82) is 0 Å². The van der Waals surface area contributed by atoms with Crippen molar-refractivity contribution in [3.63, 3.8) is 0 Å². The fourth-order valence-corrected chi connectivity index (χ4v) is 6.63. The smallest absolute Gasteiger partial charge is 0.136 e. The number of carbonyl (C=O) groups excluding carboxylic acids is 2. The minimum absolute atomic E-state index is 0.350. The summed E-state index contributed by atoms with van der Waals surface area (Å²) in [5.74, 6) is 3.04. The van der Waals surface area contributed by atoms with Crippen LogP contribution in [0.1, 0.15) is 77.0 Å². The highest BCUT2D eigenvalue weighted by Gasteiger charge is 2.57. The Morgan fingerprint density at radius 1 is 0.667 bits per heavy atom. The normalized spacial score (nSPS) is 47.0.